The third-order valence-corrected chi connectivity index (χ3v) is 26.7. The number of rotatable bonds is 36. The van der Waals surface area contributed by atoms with E-state index in [1.165, 1.54) is 66.6 Å². The number of benzene rings is 4. The number of ether oxygens (including phenoxy) is 7. The van der Waals surface area contributed by atoms with Crippen molar-refractivity contribution in [3.8, 4) is 11.8 Å². The van der Waals surface area contributed by atoms with E-state index in [-0.39, 0.29) is 204 Å². The molecule has 0 radical (unpaired) electrons. The summed E-state index contributed by atoms with van der Waals surface area (Å²) in [6, 6.07) is 16.3. The summed E-state index contributed by atoms with van der Waals surface area (Å²) in [6.07, 6.45) is 7.27. The van der Waals surface area contributed by atoms with Crippen molar-refractivity contribution < 1.29 is 100 Å². The van der Waals surface area contributed by atoms with Crippen molar-refractivity contribution in [3.05, 3.63) is 147 Å². The second-order valence-corrected chi connectivity index (χ2v) is 36.3. The molecule has 7 aliphatic rings. The van der Waals surface area contributed by atoms with E-state index in [1.54, 1.807) is 49.1 Å². The zero-order valence-electron chi connectivity index (χ0n) is 72.0. The third-order valence-electron chi connectivity index (χ3n) is 26.1. The van der Waals surface area contributed by atoms with Gasteiger partial charge in [0.05, 0.1) is 93.8 Å². The molecule has 4 aromatic carbocycles. The number of hydrogen-bond acceptors (Lipinski definition) is 21. The molecule has 5 aliphatic carbocycles. The summed E-state index contributed by atoms with van der Waals surface area (Å²) in [5.41, 5.74) is 2.01. The molecule has 4 saturated carbocycles. The van der Waals surface area contributed by atoms with Gasteiger partial charge in [-0.1, -0.05) is 107 Å². The first-order valence-electron chi connectivity index (χ1n) is 43.0. The quantitative estimate of drug-likeness (QED) is 0.0189. The summed E-state index contributed by atoms with van der Waals surface area (Å²) < 4.78 is 72.3. The van der Waals surface area contributed by atoms with Crippen LogP contribution in [0.5, 0.6) is 5.75 Å². The standard InChI is InChI=1S/C91H117Cl2F2N11O19/c1-53(2)76(104-72(108)30-39-120-41-43-122-45-46-123-44-42-121-40-34-98-80(111)56-18-27-68(70(47-56)119-8)101-83(114)77-73(62-11-9-12-66(93)75(62)95)90(52-96,71(103-77)50-87(3,4)5)64-26-20-58(92)49-67(64)94)82(113)102-69(13-10-33-99-84(97)115)81(112)100-59-21-14-54(15-22-59)51-124-85(116)105-35-37-106(38-36-105)86(117)125-61-28-31-88(6)57(48-61)19-25-65-74(88)78(109)79(110)89(7)63(29-32-91(65,89)118)55-16-23-60(107)24-17-55/h9,11-12,14-18,20-23,26-27,47,49,53,57,61,63,65,69,71,73-74,76-78,103,109,118H,10,13,19,24-25,28-46,48,50-51H2,1-8H3,(H,98,111)(H,100,112)(H,101,114)(H,102,113)(H,104,108)(H3,97,99,115)/t57-,61+,63-,65-,69+,71+,73+,74-,76-,77-,78+,88+,89+,90+,91+/m1/s1. The number of nitrogens with two attached hydrogens (primary N) is 1. The Morgan fingerprint density at radius 2 is 1.46 bits per heavy atom. The lowest BCUT2D eigenvalue weighted by Gasteiger charge is -2.64. The van der Waals surface area contributed by atoms with Crippen LogP contribution in [0, 0.1) is 68.8 Å². The average molecular weight is 1780 g/mol. The lowest BCUT2D eigenvalue weighted by atomic mass is 9.42. The Morgan fingerprint density at radius 3 is 2.10 bits per heavy atom. The molecule has 2 saturated heterocycles. The minimum absolute atomic E-state index is 0.0126. The summed E-state index contributed by atoms with van der Waals surface area (Å²) >= 11 is 12.5. The molecule has 11 rings (SSSR count). The number of Topliss-reactive ketones (excluding diaryl/α,β-unsaturated/α-hetero) is 1. The number of aliphatic hydroxyl groups excluding tert-OH is 1. The predicted molar refractivity (Wildman–Crippen MR) is 459 cm³/mol. The number of amides is 9. The molecule has 11 N–H and O–H groups in total. The molecule has 125 heavy (non-hydrogen) atoms. The van der Waals surface area contributed by atoms with E-state index in [2.05, 4.69) is 50.2 Å². The lowest BCUT2D eigenvalue weighted by Crippen LogP contribution is -2.70. The van der Waals surface area contributed by atoms with Crippen LogP contribution in [0.3, 0.4) is 0 Å². The van der Waals surface area contributed by atoms with Gasteiger partial charge in [0.2, 0.25) is 23.6 Å². The number of urea groups is 1. The van der Waals surface area contributed by atoms with Crippen LogP contribution < -0.4 is 47.7 Å². The van der Waals surface area contributed by atoms with Gasteiger partial charge in [-0.2, -0.15) is 5.26 Å². The zero-order valence-corrected chi connectivity index (χ0v) is 73.5. The molecule has 2 heterocycles. The SMILES string of the molecule is COc1cc(C(=O)NCCOCCOCCOCCOCCC(=O)N[C@@H](C(=O)N[C@@H](CCCNC(N)=O)C(=O)Nc2ccc(COC(=O)N3CCN(C(=O)O[C@H]4CC[C@@]5(C)[C@H](CC[C@@H]6[C@@H]5[C@H](O)C(=O)[C@]5(C)[C@@H](C7=CCC(=O)C=C7)CC[C@]65O)C4)CC3)cc2)C(C)C)ccc1NC(=O)[C@@H]1N[C@@H](CC(C)(C)C)[C@](C#N)(c2ccc(Cl)cc2F)[C@H]1c1cccc(Cl)c1F. The number of methoxy groups -OCH3 is 1. The molecule has 4 aromatic rings. The Hall–Kier alpha value is -9.69. The number of piperazine rings is 1. The van der Waals surface area contributed by atoms with Gasteiger partial charge in [0.1, 0.15) is 53.7 Å². The van der Waals surface area contributed by atoms with Crippen molar-refractivity contribution in [1.29, 1.82) is 5.26 Å². The largest absolute Gasteiger partial charge is 0.495 e. The number of anilines is 2. The normalized spacial score (nSPS) is 26.2. The Kier molecular flexibility index (Phi) is 32.5. The van der Waals surface area contributed by atoms with Gasteiger partial charge in [-0.3, -0.25) is 33.6 Å². The van der Waals surface area contributed by atoms with Crippen molar-refractivity contribution in [2.45, 2.75) is 185 Å². The maximum Gasteiger partial charge on any atom is 0.410 e. The summed E-state index contributed by atoms with van der Waals surface area (Å²) in [5.74, 6) is -7.48. The fourth-order valence-corrected chi connectivity index (χ4v) is 20.0. The second kappa shape index (κ2) is 42.3. The fourth-order valence-electron chi connectivity index (χ4n) is 19.7. The number of carbonyl (C=O) groups excluding carboxylic acids is 10. The molecule has 0 aromatic heterocycles. The van der Waals surface area contributed by atoms with E-state index in [1.807, 2.05) is 33.8 Å². The van der Waals surface area contributed by atoms with Crippen molar-refractivity contribution in [2.75, 3.05) is 110 Å². The molecule has 2 aliphatic heterocycles. The van der Waals surface area contributed by atoms with E-state index in [4.69, 9.17) is 62.1 Å². The van der Waals surface area contributed by atoms with Crippen molar-refractivity contribution in [3.63, 3.8) is 0 Å². The summed E-state index contributed by atoms with van der Waals surface area (Å²) in [7, 11) is 1.35. The molecule has 34 heteroatoms. The summed E-state index contributed by atoms with van der Waals surface area (Å²) in [4.78, 5) is 137. The third kappa shape index (κ3) is 22.3. The van der Waals surface area contributed by atoms with Gasteiger partial charge in [0.15, 0.2) is 11.6 Å². The zero-order chi connectivity index (χ0) is 90.3. The second-order valence-electron chi connectivity index (χ2n) is 35.5. The van der Waals surface area contributed by atoms with Gasteiger partial charge in [-0.15, -0.1) is 0 Å². The number of nitriles is 1. The highest BCUT2D eigenvalue weighted by Crippen LogP contribution is 2.69. The monoisotopic (exact) mass is 1780 g/mol. The van der Waals surface area contributed by atoms with E-state index >= 15 is 8.78 Å². The number of aliphatic hydroxyl groups is 2. The number of ketones is 2. The molecule has 6 fully saturated rings. The molecule has 0 unspecified atom stereocenters. The molecule has 0 bridgehead atoms. The minimum Gasteiger partial charge on any atom is -0.495 e. The molecule has 15 atom stereocenters. The first-order valence-corrected chi connectivity index (χ1v) is 43.7. The highest BCUT2D eigenvalue weighted by atomic mass is 35.5. The van der Waals surface area contributed by atoms with Gasteiger partial charge in [0, 0.05) is 91.8 Å². The van der Waals surface area contributed by atoms with Crippen LogP contribution in [-0.4, -0.2) is 221 Å². The highest BCUT2D eigenvalue weighted by molar-refractivity contribution is 6.31. The Bertz CT molecular complexity index is 4700. The van der Waals surface area contributed by atoms with Gasteiger partial charge in [-0.25, -0.2) is 23.2 Å². The van der Waals surface area contributed by atoms with Crippen LogP contribution in [0.4, 0.5) is 34.5 Å². The molecule has 9 amide bonds. The van der Waals surface area contributed by atoms with Crippen LogP contribution in [0.15, 0.2) is 103 Å². The first kappa shape index (κ1) is 96.0. The number of allylic oxidation sites excluding steroid dienone is 4. The van der Waals surface area contributed by atoms with Crippen LogP contribution in [0.2, 0.25) is 10.0 Å². The maximum absolute atomic E-state index is 16.3. The van der Waals surface area contributed by atoms with Gasteiger partial charge in [0.25, 0.3) is 5.91 Å². The molecular formula is C91H117Cl2F2N11O19. The van der Waals surface area contributed by atoms with Crippen molar-refractivity contribution in [1.82, 2.24) is 36.4 Å². The number of halogens is 4. The number of hydrogen-bond donors (Lipinski definition) is 10. The van der Waals surface area contributed by atoms with Gasteiger partial charge < -0.3 is 96.1 Å². The average Bonchev–Trinajstić information content (AvgIpc) is 1.59. The van der Waals surface area contributed by atoms with Crippen LogP contribution in [0.25, 0.3) is 0 Å². The van der Waals surface area contributed by atoms with Gasteiger partial charge >= 0.3 is 18.2 Å². The van der Waals surface area contributed by atoms with E-state index in [0.717, 1.165) is 18.1 Å². The number of nitrogens with zero attached hydrogens (tertiary/aromatic N) is 3. The maximum atomic E-state index is 16.3. The smallest absolute Gasteiger partial charge is 0.410 e. The highest BCUT2D eigenvalue weighted by Gasteiger charge is 2.74. The van der Waals surface area contributed by atoms with Crippen LogP contribution in [0.1, 0.15) is 158 Å². The van der Waals surface area contributed by atoms with E-state index < -0.39 is 135 Å². The van der Waals surface area contributed by atoms with E-state index in [9.17, 15) is 63.4 Å². The number of primary amides is 1. The number of nitrogens with one attached hydrogen (secondary N) is 7. The summed E-state index contributed by atoms with van der Waals surface area (Å²) in [6.45, 7) is 15.6. The molecular weight excluding hydrogens is 1660 g/mol. The van der Waals surface area contributed by atoms with Crippen molar-refractivity contribution in [2.24, 2.45) is 51.6 Å². The van der Waals surface area contributed by atoms with Crippen molar-refractivity contribution >= 4 is 93.9 Å². The Labute approximate surface area is 737 Å². The minimum atomic E-state index is -1.85. The van der Waals surface area contributed by atoms with Gasteiger partial charge in [-0.05, 0) is 177 Å². The fraction of sp³-hybridized carbons (Fsp3) is 0.571. The molecule has 678 valence electrons. The summed E-state index contributed by atoms with van der Waals surface area (Å²) in [5, 5.41) is 55.5. The number of carbonyl (C=O) groups is 10. The van der Waals surface area contributed by atoms with Crippen LogP contribution >= 0.6 is 23.2 Å². The predicted octanol–water partition coefficient (Wildman–Crippen LogP) is 10.3. The topological polar surface area (TPSA) is 416 Å². The molecule has 0 spiro atoms. The Balaban J connectivity index is 0.541. The van der Waals surface area contributed by atoms with Crippen LogP contribution in [-0.2, 0) is 69.2 Å². The number of fused-ring (bicyclic) bond motifs is 5. The first-order chi connectivity index (χ1) is 59.5. The Morgan fingerprint density at radius 1 is 0.776 bits per heavy atom. The lowest BCUT2D eigenvalue weighted by molar-refractivity contribution is -0.230. The van der Waals surface area contributed by atoms with E-state index in [0.29, 0.717) is 49.8 Å². The molecule has 30 nitrogen and oxygen atoms in total.